The van der Waals surface area contributed by atoms with E-state index < -0.39 is 20.0 Å². The van der Waals surface area contributed by atoms with Crippen LogP contribution in [0.25, 0.3) is 0 Å². The zero-order chi connectivity index (χ0) is 26.6. The van der Waals surface area contributed by atoms with Crippen LogP contribution in [-0.4, -0.2) is 68.5 Å². The molecule has 0 rings (SSSR count). The van der Waals surface area contributed by atoms with Crippen molar-refractivity contribution < 1.29 is 32.9 Å². The summed E-state index contributed by atoms with van der Waals surface area (Å²) in [6.07, 6.45) is 15.8. The SMILES string of the molecule is CCCCCCC/C=C/C(O)C(COP(=O)([O-])OCC[N+](C)(C)C)NC(=O)CCCCCCCC. The number of aliphatic hydroxyl groups excluding tert-OH is 1. The van der Waals surface area contributed by atoms with Crippen LogP contribution < -0.4 is 10.2 Å². The number of phosphoric acid groups is 1. The van der Waals surface area contributed by atoms with Gasteiger partial charge in [-0.15, -0.1) is 0 Å². The molecule has 0 fully saturated rings. The van der Waals surface area contributed by atoms with E-state index in [1.165, 1.54) is 38.5 Å². The Morgan fingerprint density at radius 1 is 0.971 bits per heavy atom. The molecule has 8 nitrogen and oxygen atoms in total. The van der Waals surface area contributed by atoms with Gasteiger partial charge in [0, 0.05) is 6.42 Å². The van der Waals surface area contributed by atoms with Crippen molar-refractivity contribution in [2.45, 2.75) is 109 Å². The van der Waals surface area contributed by atoms with Gasteiger partial charge in [-0.1, -0.05) is 83.8 Å². The lowest BCUT2D eigenvalue weighted by Crippen LogP contribution is -2.45. The van der Waals surface area contributed by atoms with E-state index in [4.69, 9.17) is 9.05 Å². The minimum absolute atomic E-state index is 0.000176. The third-order valence-corrected chi connectivity index (χ3v) is 6.71. The number of carbonyl (C=O) groups excluding carboxylic acids is 1. The summed E-state index contributed by atoms with van der Waals surface area (Å²) in [7, 11) is 1.25. The van der Waals surface area contributed by atoms with Crippen molar-refractivity contribution in [1.29, 1.82) is 0 Å². The van der Waals surface area contributed by atoms with E-state index in [1.54, 1.807) is 6.08 Å². The lowest BCUT2D eigenvalue weighted by atomic mass is 10.1. The standard InChI is InChI=1S/C26H53N2O6P/c1-6-8-10-12-14-15-17-19-25(29)24(27-26(30)20-18-16-13-11-9-7-2)23-34-35(31,32)33-22-21-28(3,4)5/h17,19,24-25,29H,6-16,18,20-23H2,1-5H3,(H-,27,30,31,32)/b19-17+. The third-order valence-electron chi connectivity index (χ3n) is 5.75. The summed E-state index contributed by atoms with van der Waals surface area (Å²) in [5.41, 5.74) is 0. The van der Waals surface area contributed by atoms with Gasteiger partial charge < -0.3 is 28.8 Å². The first-order valence-corrected chi connectivity index (χ1v) is 15.0. The van der Waals surface area contributed by atoms with Crippen LogP contribution in [-0.2, 0) is 18.4 Å². The summed E-state index contributed by atoms with van der Waals surface area (Å²) in [6.45, 7) is 4.46. The van der Waals surface area contributed by atoms with E-state index in [1.807, 2.05) is 27.2 Å². The summed E-state index contributed by atoms with van der Waals surface area (Å²) < 4.78 is 22.7. The number of quaternary nitrogens is 1. The monoisotopic (exact) mass is 520 g/mol. The molecule has 0 saturated carbocycles. The summed E-state index contributed by atoms with van der Waals surface area (Å²) in [5.74, 6) is -0.215. The van der Waals surface area contributed by atoms with E-state index in [9.17, 15) is 19.4 Å². The van der Waals surface area contributed by atoms with Gasteiger partial charge in [0.05, 0.1) is 39.9 Å². The van der Waals surface area contributed by atoms with Gasteiger partial charge in [0.25, 0.3) is 7.82 Å². The van der Waals surface area contributed by atoms with Crippen LogP contribution in [0.2, 0.25) is 0 Å². The third kappa shape index (κ3) is 22.2. The zero-order valence-electron chi connectivity index (χ0n) is 23.0. The molecule has 0 spiro atoms. The van der Waals surface area contributed by atoms with Crippen molar-refractivity contribution in [2.24, 2.45) is 0 Å². The number of unbranched alkanes of at least 4 members (excludes halogenated alkanes) is 10. The van der Waals surface area contributed by atoms with Gasteiger partial charge in [-0.2, -0.15) is 0 Å². The molecule has 2 N–H and O–H groups in total. The Morgan fingerprint density at radius 2 is 1.54 bits per heavy atom. The normalized spacial score (nSPS) is 15.7. The molecule has 0 aromatic carbocycles. The molecular weight excluding hydrogens is 467 g/mol. The van der Waals surface area contributed by atoms with Gasteiger partial charge >= 0.3 is 0 Å². The summed E-state index contributed by atoms with van der Waals surface area (Å²) in [5, 5.41) is 13.4. The van der Waals surface area contributed by atoms with Gasteiger partial charge in [0.15, 0.2) is 0 Å². The number of nitrogens with zero attached hydrogens (tertiary/aromatic N) is 1. The van der Waals surface area contributed by atoms with Crippen LogP contribution in [0.5, 0.6) is 0 Å². The Labute approximate surface area is 214 Å². The lowest BCUT2D eigenvalue weighted by molar-refractivity contribution is -0.870. The van der Waals surface area contributed by atoms with E-state index >= 15 is 0 Å². The average molecular weight is 521 g/mol. The highest BCUT2D eigenvalue weighted by Crippen LogP contribution is 2.38. The highest BCUT2D eigenvalue weighted by molar-refractivity contribution is 7.45. The molecule has 208 valence electrons. The van der Waals surface area contributed by atoms with Gasteiger partial charge in [-0.3, -0.25) is 9.36 Å². The van der Waals surface area contributed by atoms with Crippen LogP contribution in [0.15, 0.2) is 12.2 Å². The maximum Gasteiger partial charge on any atom is 0.268 e. The van der Waals surface area contributed by atoms with Crippen LogP contribution >= 0.6 is 7.82 Å². The largest absolute Gasteiger partial charge is 0.756 e. The first-order valence-electron chi connectivity index (χ1n) is 13.6. The molecule has 0 aliphatic heterocycles. The van der Waals surface area contributed by atoms with Crippen molar-refractivity contribution >= 4 is 13.7 Å². The molecule has 0 aromatic rings. The Bertz CT molecular complexity index is 609. The summed E-state index contributed by atoms with van der Waals surface area (Å²) >= 11 is 0. The molecule has 0 heterocycles. The van der Waals surface area contributed by atoms with E-state index in [0.29, 0.717) is 17.4 Å². The molecule has 0 aliphatic carbocycles. The molecule has 35 heavy (non-hydrogen) atoms. The van der Waals surface area contributed by atoms with Gasteiger partial charge in [-0.25, -0.2) is 0 Å². The highest BCUT2D eigenvalue weighted by Gasteiger charge is 2.23. The molecule has 1 amide bonds. The molecule has 3 unspecified atom stereocenters. The quantitative estimate of drug-likeness (QED) is 0.0875. The van der Waals surface area contributed by atoms with Crippen molar-refractivity contribution in [2.75, 3.05) is 40.9 Å². The molecular formula is C26H53N2O6P. The Kier molecular flexibility index (Phi) is 19.9. The molecule has 0 bridgehead atoms. The number of hydrogen-bond donors (Lipinski definition) is 2. The Hall–Kier alpha value is -0.760. The number of likely N-dealkylation sites (N-methyl/N-ethyl adjacent to an activating group) is 1. The van der Waals surface area contributed by atoms with Crippen LogP contribution in [0, 0.1) is 0 Å². The van der Waals surface area contributed by atoms with Gasteiger partial charge in [-0.05, 0) is 19.3 Å². The fraction of sp³-hybridized carbons (Fsp3) is 0.885. The second-order valence-electron chi connectivity index (χ2n) is 10.4. The summed E-state index contributed by atoms with van der Waals surface area (Å²) in [4.78, 5) is 24.6. The minimum Gasteiger partial charge on any atom is -0.756 e. The molecule has 0 radical (unpaired) electrons. The maximum atomic E-state index is 12.4. The second-order valence-corrected chi connectivity index (χ2v) is 11.8. The number of carbonyl (C=O) groups is 1. The van der Waals surface area contributed by atoms with E-state index in [2.05, 4.69) is 19.2 Å². The molecule has 0 aromatic heterocycles. The number of allylic oxidation sites excluding steroid dienone is 1. The number of nitrogens with one attached hydrogen (secondary N) is 1. The summed E-state index contributed by atoms with van der Waals surface area (Å²) in [6, 6.07) is -0.872. The maximum absolute atomic E-state index is 12.4. The number of hydrogen-bond acceptors (Lipinski definition) is 6. The first kappa shape index (κ1) is 34.2. The second kappa shape index (κ2) is 20.3. The average Bonchev–Trinajstić information content (AvgIpc) is 2.77. The van der Waals surface area contributed by atoms with Crippen LogP contribution in [0.3, 0.4) is 0 Å². The predicted octanol–water partition coefficient (Wildman–Crippen LogP) is 4.71. The number of phosphoric ester groups is 1. The number of amides is 1. The molecule has 0 saturated heterocycles. The Morgan fingerprint density at radius 3 is 2.14 bits per heavy atom. The van der Waals surface area contributed by atoms with Crippen molar-refractivity contribution in [3.05, 3.63) is 12.2 Å². The minimum atomic E-state index is -4.55. The van der Waals surface area contributed by atoms with Gasteiger partial charge in [0.1, 0.15) is 13.2 Å². The number of aliphatic hydroxyl groups is 1. The molecule has 3 atom stereocenters. The first-order chi connectivity index (χ1) is 16.5. The van der Waals surface area contributed by atoms with E-state index in [0.717, 1.165) is 38.5 Å². The number of rotatable bonds is 23. The smallest absolute Gasteiger partial charge is 0.268 e. The van der Waals surface area contributed by atoms with Crippen LogP contribution in [0.1, 0.15) is 97.3 Å². The van der Waals surface area contributed by atoms with Crippen molar-refractivity contribution in [3.63, 3.8) is 0 Å². The van der Waals surface area contributed by atoms with E-state index in [-0.39, 0.29) is 19.1 Å². The lowest BCUT2D eigenvalue weighted by Gasteiger charge is -2.29. The van der Waals surface area contributed by atoms with Gasteiger partial charge in [0.2, 0.25) is 5.91 Å². The molecule has 0 aliphatic rings. The fourth-order valence-corrected chi connectivity index (χ4v) is 4.16. The Balaban J connectivity index is 4.76. The van der Waals surface area contributed by atoms with Crippen molar-refractivity contribution in [1.82, 2.24) is 5.32 Å². The topological polar surface area (TPSA) is 108 Å². The zero-order valence-corrected chi connectivity index (χ0v) is 23.9. The fourth-order valence-electron chi connectivity index (χ4n) is 3.44. The van der Waals surface area contributed by atoms with Crippen LogP contribution in [0.4, 0.5) is 0 Å². The highest BCUT2D eigenvalue weighted by atomic mass is 31.2. The predicted molar refractivity (Wildman–Crippen MR) is 141 cm³/mol. The molecule has 9 heteroatoms. The van der Waals surface area contributed by atoms with Crippen molar-refractivity contribution in [3.8, 4) is 0 Å².